The van der Waals surface area contributed by atoms with E-state index in [0.29, 0.717) is 12.8 Å². The first kappa shape index (κ1) is 24.0. The summed E-state index contributed by atoms with van der Waals surface area (Å²) >= 11 is 0. The predicted molar refractivity (Wildman–Crippen MR) is 142 cm³/mol. The minimum Gasteiger partial charge on any atom is -0.325 e. The summed E-state index contributed by atoms with van der Waals surface area (Å²) in [6, 6.07) is 15.6. The zero-order chi connectivity index (χ0) is 23.9. The molecule has 0 aliphatic heterocycles. The van der Waals surface area contributed by atoms with Gasteiger partial charge in [-0.05, 0) is 61.4 Å². The van der Waals surface area contributed by atoms with Crippen molar-refractivity contribution in [2.75, 3.05) is 10.6 Å². The molecule has 0 bridgehead atoms. The highest BCUT2D eigenvalue weighted by Gasteiger charge is 2.13. The number of fused-ring (bicyclic) bond motifs is 2. The lowest BCUT2D eigenvalue weighted by atomic mass is 10.1. The molecule has 0 radical (unpaired) electrons. The van der Waals surface area contributed by atoms with E-state index in [1.807, 2.05) is 62.4 Å². The molecule has 2 heterocycles. The molecule has 0 fully saturated rings. The Hall–Kier alpha value is -3.10. The van der Waals surface area contributed by atoms with Gasteiger partial charge in [-0.3, -0.25) is 19.6 Å². The quantitative estimate of drug-likeness (QED) is 0.244. The molecule has 0 aliphatic carbocycles. The van der Waals surface area contributed by atoms with E-state index in [1.54, 1.807) is 34.0 Å². The molecule has 8 heteroatoms. The van der Waals surface area contributed by atoms with Crippen LogP contribution in [0.25, 0.3) is 21.8 Å². The largest absolute Gasteiger partial charge is 0.325 e. The van der Waals surface area contributed by atoms with Crippen molar-refractivity contribution in [3.05, 3.63) is 60.9 Å². The Kier molecular flexibility index (Phi) is 8.03. The molecule has 0 saturated carbocycles. The maximum atomic E-state index is 12.1. The summed E-state index contributed by atoms with van der Waals surface area (Å²) in [6.07, 6.45) is 6.11. The third-order valence-corrected chi connectivity index (χ3v) is 7.62. The summed E-state index contributed by atoms with van der Waals surface area (Å²) in [5.74, 6) is 0.0113. The number of amides is 2. The Morgan fingerprint density at radius 1 is 0.706 bits per heavy atom. The number of rotatable bonds is 9. The highest BCUT2D eigenvalue weighted by molar-refractivity contribution is 8.76. The number of hydrogen-bond donors (Lipinski definition) is 2. The molecule has 6 nitrogen and oxygen atoms in total. The Morgan fingerprint density at radius 3 is 1.56 bits per heavy atom. The van der Waals surface area contributed by atoms with Gasteiger partial charge >= 0.3 is 0 Å². The normalized spacial score (nSPS) is 11.0. The van der Waals surface area contributed by atoms with Crippen LogP contribution in [0.2, 0.25) is 0 Å². The fraction of sp³-hybridized carbons (Fsp3) is 0.231. The zero-order valence-electron chi connectivity index (χ0n) is 19.1. The van der Waals surface area contributed by atoms with Crippen LogP contribution in [0.3, 0.4) is 0 Å². The van der Waals surface area contributed by atoms with Crippen molar-refractivity contribution in [2.24, 2.45) is 0 Å². The highest BCUT2D eigenvalue weighted by Crippen LogP contribution is 2.44. The van der Waals surface area contributed by atoms with Gasteiger partial charge in [-0.25, -0.2) is 0 Å². The number of benzene rings is 2. The van der Waals surface area contributed by atoms with E-state index in [1.165, 1.54) is 0 Å². The summed E-state index contributed by atoms with van der Waals surface area (Å²) in [5.41, 5.74) is 3.23. The van der Waals surface area contributed by atoms with Gasteiger partial charge in [0.15, 0.2) is 0 Å². The molecule has 2 N–H and O–H groups in total. The molecule has 4 aromatic rings. The van der Waals surface area contributed by atoms with Crippen LogP contribution < -0.4 is 10.6 Å². The van der Waals surface area contributed by atoms with E-state index < -0.39 is 0 Å². The van der Waals surface area contributed by atoms with Crippen LogP contribution in [0, 0.1) is 0 Å². The van der Waals surface area contributed by atoms with Crippen LogP contribution in [-0.4, -0.2) is 21.8 Å². The molecule has 2 aromatic carbocycles. The van der Waals surface area contributed by atoms with Crippen molar-refractivity contribution in [1.29, 1.82) is 0 Å². The summed E-state index contributed by atoms with van der Waals surface area (Å²) < 4.78 is 0. The molecule has 34 heavy (non-hydrogen) atoms. The SMILES string of the molecule is CCCC(=O)Nc1ccc(SSc2ccc(NC(=O)CCC)c3cccnc23)c2ncccc12. The second-order valence-corrected chi connectivity index (χ2v) is 10.00. The van der Waals surface area contributed by atoms with Gasteiger partial charge < -0.3 is 10.6 Å². The van der Waals surface area contributed by atoms with E-state index in [2.05, 4.69) is 20.6 Å². The van der Waals surface area contributed by atoms with Gasteiger partial charge in [0.05, 0.1) is 22.4 Å². The van der Waals surface area contributed by atoms with Crippen molar-refractivity contribution in [3.8, 4) is 0 Å². The smallest absolute Gasteiger partial charge is 0.224 e. The molecular formula is C26H26N4O2S2. The van der Waals surface area contributed by atoms with Crippen LogP contribution >= 0.6 is 21.6 Å². The first-order valence-electron chi connectivity index (χ1n) is 11.3. The minimum atomic E-state index is 0.00564. The van der Waals surface area contributed by atoms with Crippen LogP contribution in [0.1, 0.15) is 39.5 Å². The average Bonchev–Trinajstić information content (AvgIpc) is 2.85. The van der Waals surface area contributed by atoms with E-state index in [4.69, 9.17) is 0 Å². The van der Waals surface area contributed by atoms with Crippen molar-refractivity contribution < 1.29 is 9.59 Å². The zero-order valence-corrected chi connectivity index (χ0v) is 20.8. The van der Waals surface area contributed by atoms with Crippen molar-refractivity contribution in [3.63, 3.8) is 0 Å². The average molecular weight is 491 g/mol. The molecule has 0 aliphatic rings. The summed E-state index contributed by atoms with van der Waals surface area (Å²) in [7, 11) is 3.20. The summed E-state index contributed by atoms with van der Waals surface area (Å²) in [4.78, 5) is 35.4. The molecule has 0 spiro atoms. The monoisotopic (exact) mass is 490 g/mol. The maximum Gasteiger partial charge on any atom is 0.224 e. The van der Waals surface area contributed by atoms with Crippen molar-refractivity contribution in [1.82, 2.24) is 9.97 Å². The van der Waals surface area contributed by atoms with Gasteiger partial charge in [-0.2, -0.15) is 0 Å². The lowest BCUT2D eigenvalue weighted by molar-refractivity contribution is -0.117. The Labute approximate surface area is 206 Å². The molecular weight excluding hydrogens is 464 g/mol. The first-order chi connectivity index (χ1) is 16.6. The van der Waals surface area contributed by atoms with E-state index in [-0.39, 0.29) is 11.8 Å². The third-order valence-electron chi connectivity index (χ3n) is 5.19. The second-order valence-electron chi connectivity index (χ2n) is 7.78. The standard InChI is InChI=1S/C26H26N4O2S2/c1-3-7-23(31)29-19-11-13-21(25-17(19)9-5-15-27-25)33-34-22-14-12-20(30-24(32)8-4-2)18-10-6-16-28-26(18)22/h5-6,9-16H,3-4,7-8H2,1-2H3,(H,29,31)(H,30,32). The third kappa shape index (κ3) is 5.51. The number of nitrogens with one attached hydrogen (secondary N) is 2. The van der Waals surface area contributed by atoms with Crippen LogP contribution in [0.4, 0.5) is 11.4 Å². The number of anilines is 2. The van der Waals surface area contributed by atoms with Gasteiger partial charge in [0.1, 0.15) is 0 Å². The Bertz CT molecular complexity index is 1240. The number of aromatic nitrogens is 2. The maximum absolute atomic E-state index is 12.1. The van der Waals surface area contributed by atoms with Gasteiger partial charge in [-0.1, -0.05) is 35.4 Å². The lowest BCUT2D eigenvalue weighted by Crippen LogP contribution is -2.11. The Morgan fingerprint density at radius 2 is 1.15 bits per heavy atom. The molecule has 4 rings (SSSR count). The van der Waals surface area contributed by atoms with E-state index >= 15 is 0 Å². The van der Waals surface area contributed by atoms with Crippen LogP contribution in [0.5, 0.6) is 0 Å². The van der Waals surface area contributed by atoms with Crippen LogP contribution in [0.15, 0.2) is 70.7 Å². The van der Waals surface area contributed by atoms with Gasteiger partial charge in [0.25, 0.3) is 0 Å². The molecule has 2 amide bonds. The van der Waals surface area contributed by atoms with Gasteiger partial charge in [0, 0.05) is 45.8 Å². The molecule has 2 aromatic heterocycles. The number of pyridine rings is 2. The summed E-state index contributed by atoms with van der Waals surface area (Å²) in [6.45, 7) is 3.97. The number of hydrogen-bond acceptors (Lipinski definition) is 6. The van der Waals surface area contributed by atoms with Crippen LogP contribution in [-0.2, 0) is 9.59 Å². The molecule has 0 unspecified atom stereocenters. The predicted octanol–water partition coefficient (Wildman–Crippen LogP) is 7.06. The molecule has 0 atom stereocenters. The van der Waals surface area contributed by atoms with Gasteiger partial charge in [-0.15, -0.1) is 0 Å². The molecule has 174 valence electrons. The topological polar surface area (TPSA) is 84.0 Å². The highest BCUT2D eigenvalue weighted by atomic mass is 33.1. The van der Waals surface area contributed by atoms with Crippen molar-refractivity contribution >= 4 is 66.6 Å². The number of carbonyl (C=O) groups excluding carboxylic acids is 2. The fourth-order valence-corrected chi connectivity index (χ4v) is 5.87. The minimum absolute atomic E-state index is 0.00564. The summed E-state index contributed by atoms with van der Waals surface area (Å²) in [5, 5.41) is 7.83. The molecule has 0 saturated heterocycles. The first-order valence-corrected chi connectivity index (χ1v) is 13.4. The van der Waals surface area contributed by atoms with E-state index in [9.17, 15) is 9.59 Å². The van der Waals surface area contributed by atoms with Crippen molar-refractivity contribution in [2.45, 2.75) is 49.3 Å². The number of nitrogens with zero attached hydrogens (tertiary/aromatic N) is 2. The lowest BCUT2D eigenvalue weighted by Gasteiger charge is -2.13. The van der Waals surface area contributed by atoms with E-state index in [0.717, 1.165) is 55.8 Å². The van der Waals surface area contributed by atoms with Gasteiger partial charge in [0.2, 0.25) is 11.8 Å². The number of carbonyl (C=O) groups is 2. The Balaban J connectivity index is 1.60. The second kappa shape index (κ2) is 11.4. The fourth-order valence-electron chi connectivity index (χ4n) is 3.62.